The molecule has 0 spiro atoms. The molecule has 0 bridgehead atoms. The molecule has 2 N–H and O–H groups in total. The van der Waals surface area contributed by atoms with Gasteiger partial charge in [0.05, 0.1) is 13.0 Å². The molecule has 5 rings (SSSR count). The first kappa shape index (κ1) is 25.0. The Morgan fingerprint density at radius 2 is 2.06 bits per heavy atom. The van der Waals surface area contributed by atoms with Crippen LogP contribution in [0.5, 0.6) is 5.75 Å². The van der Waals surface area contributed by atoms with Crippen molar-refractivity contribution in [3.63, 3.8) is 0 Å². The van der Waals surface area contributed by atoms with E-state index in [1.807, 2.05) is 0 Å². The smallest absolute Gasteiger partial charge is 0.324 e. The molecule has 0 unspecified atom stereocenters. The molecule has 2 heterocycles. The zero-order chi connectivity index (χ0) is 25.2. The van der Waals surface area contributed by atoms with Crippen molar-refractivity contribution in [3.05, 3.63) is 35.4 Å². The number of carbonyl (C=O) groups is 1. The number of rotatable bonds is 10. The molecule has 2 atom stereocenters. The highest BCUT2D eigenvalue weighted by atomic mass is 19.1. The van der Waals surface area contributed by atoms with Gasteiger partial charge in [-0.15, -0.1) is 0 Å². The Hall–Kier alpha value is -2.68. The number of carbonyl (C=O) groups excluding carboxylic acids is 1. The number of nitrogens with zero attached hydrogens (tertiary/aromatic N) is 4. The summed E-state index contributed by atoms with van der Waals surface area (Å²) in [7, 11) is 0. The minimum atomic E-state index is -0.416. The van der Waals surface area contributed by atoms with Crippen molar-refractivity contribution in [1.82, 2.24) is 15.1 Å². The summed E-state index contributed by atoms with van der Waals surface area (Å²) < 4.78 is 25.9. The third-order valence-electron chi connectivity index (χ3n) is 8.22. The van der Waals surface area contributed by atoms with Crippen molar-refractivity contribution >= 4 is 11.9 Å². The van der Waals surface area contributed by atoms with Crippen molar-refractivity contribution in [2.24, 2.45) is 23.6 Å². The molecule has 0 radical (unpaired) electrons. The fourth-order valence-electron chi connectivity index (χ4n) is 5.50. The number of ether oxygens (including phenoxy) is 1. The van der Waals surface area contributed by atoms with Crippen LogP contribution in [0.1, 0.15) is 76.1 Å². The zero-order valence-corrected chi connectivity index (χ0v) is 21.4. The molecular formula is C27H38FN5O3. The number of nitrogens with two attached hydrogens (primary N) is 1. The van der Waals surface area contributed by atoms with Gasteiger partial charge in [-0.3, -0.25) is 9.80 Å². The van der Waals surface area contributed by atoms with Gasteiger partial charge in [0.25, 0.3) is 0 Å². The molecule has 2 aliphatic carbocycles. The summed E-state index contributed by atoms with van der Waals surface area (Å²) in [5.41, 5.74) is 0.358. The molecule has 3 fully saturated rings. The van der Waals surface area contributed by atoms with Crippen molar-refractivity contribution in [1.29, 1.82) is 0 Å². The van der Waals surface area contributed by atoms with Crippen LogP contribution < -0.4 is 15.5 Å². The average Bonchev–Trinajstić information content (AvgIpc) is 3.42. The van der Waals surface area contributed by atoms with Crippen LogP contribution in [0, 0.1) is 23.6 Å². The summed E-state index contributed by atoms with van der Waals surface area (Å²) >= 11 is 0. The van der Waals surface area contributed by atoms with Gasteiger partial charge in [0.2, 0.25) is 5.91 Å². The van der Waals surface area contributed by atoms with Crippen LogP contribution in [0.2, 0.25) is 0 Å². The first-order chi connectivity index (χ1) is 17.4. The van der Waals surface area contributed by atoms with Gasteiger partial charge < -0.3 is 14.2 Å². The predicted molar refractivity (Wildman–Crippen MR) is 134 cm³/mol. The SMILES string of the molecule is CC(C)c1noc(N2CCC([C@H]3C[C@H]3CCOc3ccc(CC(=O)N(N)C4CCC4)c(F)c3)CC2)n1. The van der Waals surface area contributed by atoms with Crippen LogP contribution >= 0.6 is 0 Å². The van der Waals surface area contributed by atoms with E-state index in [-0.39, 0.29) is 24.3 Å². The molecule has 2 saturated carbocycles. The number of hydrazine groups is 1. The van der Waals surface area contributed by atoms with Gasteiger partial charge in [-0.05, 0) is 74.3 Å². The van der Waals surface area contributed by atoms with Gasteiger partial charge in [0.1, 0.15) is 11.6 Å². The molecule has 36 heavy (non-hydrogen) atoms. The van der Waals surface area contributed by atoms with Crippen LogP contribution in [0.15, 0.2) is 22.7 Å². The second kappa shape index (κ2) is 10.7. The van der Waals surface area contributed by atoms with Crippen LogP contribution in [0.25, 0.3) is 0 Å². The lowest BCUT2D eigenvalue weighted by atomic mass is 9.90. The Kier molecular flexibility index (Phi) is 7.46. The second-order valence-corrected chi connectivity index (χ2v) is 11.0. The first-order valence-electron chi connectivity index (χ1n) is 13.5. The lowest BCUT2D eigenvalue weighted by Crippen LogP contribution is -2.49. The number of hydrogen-bond donors (Lipinski definition) is 1. The summed E-state index contributed by atoms with van der Waals surface area (Å²) in [5, 5.41) is 5.36. The van der Waals surface area contributed by atoms with Gasteiger partial charge in [-0.2, -0.15) is 4.98 Å². The van der Waals surface area contributed by atoms with Gasteiger partial charge in [0.15, 0.2) is 5.82 Å². The largest absolute Gasteiger partial charge is 0.493 e. The molecule has 9 heteroatoms. The maximum absolute atomic E-state index is 14.6. The maximum Gasteiger partial charge on any atom is 0.324 e. The van der Waals surface area contributed by atoms with E-state index in [0.29, 0.717) is 29.9 Å². The Morgan fingerprint density at radius 1 is 1.28 bits per heavy atom. The van der Waals surface area contributed by atoms with E-state index < -0.39 is 5.82 Å². The average molecular weight is 500 g/mol. The first-order valence-corrected chi connectivity index (χ1v) is 13.5. The molecule has 2 aromatic rings. The lowest BCUT2D eigenvalue weighted by molar-refractivity contribution is -0.134. The van der Waals surface area contributed by atoms with Crippen molar-refractivity contribution in [2.75, 3.05) is 24.6 Å². The third kappa shape index (κ3) is 5.66. The summed E-state index contributed by atoms with van der Waals surface area (Å²) in [6, 6.07) is 5.52. The summed E-state index contributed by atoms with van der Waals surface area (Å²) in [6.45, 7) is 6.63. The minimum absolute atomic E-state index is 0.0208. The second-order valence-electron chi connectivity index (χ2n) is 11.0. The maximum atomic E-state index is 14.6. The monoisotopic (exact) mass is 499 g/mol. The topological polar surface area (TPSA) is 97.7 Å². The standard InChI is InChI=1S/C27H38FN5O3/c1-17(2)26-30-27(36-31-26)32-11-8-18(9-12-32)23-14-19(23)10-13-35-22-7-6-20(24(28)16-22)15-25(34)33(29)21-4-3-5-21/h6-7,16-19,21,23H,3-5,8-15,29H2,1-2H3/t19-,23-/m1/s1. The Morgan fingerprint density at radius 3 is 2.69 bits per heavy atom. The van der Waals surface area contributed by atoms with E-state index >= 15 is 0 Å². The van der Waals surface area contributed by atoms with Crippen molar-refractivity contribution < 1.29 is 18.4 Å². The van der Waals surface area contributed by atoms with Gasteiger partial charge in [0, 0.05) is 31.1 Å². The van der Waals surface area contributed by atoms with E-state index in [2.05, 4.69) is 28.9 Å². The van der Waals surface area contributed by atoms with Gasteiger partial charge >= 0.3 is 6.01 Å². The quantitative estimate of drug-likeness (QED) is 0.293. The zero-order valence-electron chi connectivity index (χ0n) is 21.4. The fourth-order valence-corrected chi connectivity index (χ4v) is 5.50. The minimum Gasteiger partial charge on any atom is -0.493 e. The number of amides is 1. The number of halogens is 1. The Bertz CT molecular complexity index is 1050. The van der Waals surface area contributed by atoms with Crippen molar-refractivity contribution in [2.45, 2.75) is 77.2 Å². The normalized spacial score (nSPS) is 22.5. The molecule has 1 aromatic heterocycles. The highest BCUT2D eigenvalue weighted by Crippen LogP contribution is 2.50. The summed E-state index contributed by atoms with van der Waals surface area (Å²) in [5.74, 6) is 8.94. The number of benzene rings is 1. The molecular weight excluding hydrogens is 461 g/mol. The number of aromatic nitrogens is 2. The molecule has 1 amide bonds. The van der Waals surface area contributed by atoms with Crippen LogP contribution in [0.3, 0.4) is 0 Å². The van der Waals surface area contributed by atoms with Crippen LogP contribution in [-0.2, 0) is 11.2 Å². The molecule has 3 aliphatic rings. The fraction of sp³-hybridized carbons (Fsp3) is 0.667. The molecule has 8 nitrogen and oxygen atoms in total. The van der Waals surface area contributed by atoms with E-state index in [1.54, 1.807) is 12.1 Å². The van der Waals surface area contributed by atoms with Crippen molar-refractivity contribution in [3.8, 4) is 5.75 Å². The van der Waals surface area contributed by atoms with Gasteiger partial charge in [-0.1, -0.05) is 25.1 Å². The number of anilines is 1. The summed E-state index contributed by atoms with van der Waals surface area (Å²) in [6.07, 6.45) is 7.45. The lowest BCUT2D eigenvalue weighted by Gasteiger charge is -2.34. The van der Waals surface area contributed by atoms with Crippen LogP contribution in [0.4, 0.5) is 10.4 Å². The summed E-state index contributed by atoms with van der Waals surface area (Å²) in [4.78, 5) is 19.0. The van der Waals surface area contributed by atoms with E-state index in [9.17, 15) is 9.18 Å². The van der Waals surface area contributed by atoms with E-state index in [4.69, 9.17) is 15.1 Å². The highest BCUT2D eigenvalue weighted by Gasteiger charge is 2.43. The highest BCUT2D eigenvalue weighted by molar-refractivity contribution is 5.78. The third-order valence-corrected chi connectivity index (χ3v) is 8.22. The predicted octanol–water partition coefficient (Wildman–Crippen LogP) is 4.45. The number of hydrogen-bond acceptors (Lipinski definition) is 7. The van der Waals surface area contributed by atoms with E-state index in [1.165, 1.54) is 17.5 Å². The Labute approximate surface area is 212 Å². The molecule has 1 aliphatic heterocycles. The van der Waals surface area contributed by atoms with Gasteiger partial charge in [-0.25, -0.2) is 10.2 Å². The molecule has 1 saturated heterocycles. The van der Waals surface area contributed by atoms with Crippen LogP contribution in [-0.4, -0.2) is 46.8 Å². The Balaban J connectivity index is 1.02. The molecule has 1 aromatic carbocycles. The van der Waals surface area contributed by atoms with E-state index in [0.717, 1.165) is 69.3 Å². The number of piperidine rings is 1. The molecule has 196 valence electrons.